The zero-order chi connectivity index (χ0) is 14.1. The number of benzene rings is 1. The van der Waals surface area contributed by atoms with Crippen LogP contribution in [0.15, 0.2) is 47.6 Å². The van der Waals surface area contributed by atoms with E-state index in [-0.39, 0.29) is 0 Å². The number of anilines is 2. The van der Waals surface area contributed by atoms with Gasteiger partial charge in [-0.15, -0.1) is 0 Å². The summed E-state index contributed by atoms with van der Waals surface area (Å²) in [6, 6.07) is 7.03. The number of fused-ring (bicyclic) bond motifs is 1. The molecule has 1 saturated heterocycles. The average Bonchev–Trinajstić information content (AvgIpc) is 3.09. The summed E-state index contributed by atoms with van der Waals surface area (Å²) in [5.74, 6) is 0. The number of oxazole rings is 1. The predicted molar refractivity (Wildman–Crippen MR) is 80.5 cm³/mol. The summed E-state index contributed by atoms with van der Waals surface area (Å²) in [5, 5.41) is 1.07. The van der Waals surface area contributed by atoms with E-state index in [4.69, 9.17) is 4.42 Å². The minimum Gasteiger partial charge on any atom is -0.432 e. The van der Waals surface area contributed by atoms with Gasteiger partial charge in [0.2, 0.25) is 0 Å². The van der Waals surface area contributed by atoms with Crippen molar-refractivity contribution in [3.63, 3.8) is 0 Å². The van der Waals surface area contributed by atoms with E-state index in [9.17, 15) is 0 Å². The van der Waals surface area contributed by atoms with Gasteiger partial charge >= 0.3 is 0 Å². The first-order chi connectivity index (χ1) is 10.4. The number of aromatic nitrogens is 3. The molecule has 6 nitrogen and oxygen atoms in total. The molecule has 6 heteroatoms. The maximum absolute atomic E-state index is 5.35. The lowest BCUT2D eigenvalue weighted by Gasteiger charge is -2.35. The second-order valence-electron chi connectivity index (χ2n) is 5.05. The monoisotopic (exact) mass is 281 g/mol. The van der Waals surface area contributed by atoms with Crippen molar-refractivity contribution in [3.05, 3.63) is 43.2 Å². The van der Waals surface area contributed by atoms with Crippen molar-refractivity contribution in [1.82, 2.24) is 15.0 Å². The van der Waals surface area contributed by atoms with Crippen LogP contribution in [0.25, 0.3) is 10.9 Å². The van der Waals surface area contributed by atoms with Crippen molar-refractivity contribution in [2.45, 2.75) is 0 Å². The van der Waals surface area contributed by atoms with Gasteiger partial charge in [-0.25, -0.2) is 15.0 Å². The molecule has 3 aromatic rings. The van der Waals surface area contributed by atoms with Crippen molar-refractivity contribution in [3.8, 4) is 0 Å². The predicted octanol–water partition coefficient (Wildman–Crippen LogP) is 1.94. The zero-order valence-electron chi connectivity index (χ0n) is 11.5. The van der Waals surface area contributed by atoms with Crippen LogP contribution in [0.5, 0.6) is 0 Å². The smallest absolute Gasteiger partial charge is 0.297 e. The maximum Gasteiger partial charge on any atom is 0.297 e. The highest BCUT2D eigenvalue weighted by molar-refractivity contribution is 5.81. The lowest BCUT2D eigenvalue weighted by Crippen LogP contribution is -2.46. The molecule has 3 heterocycles. The molecule has 0 spiro atoms. The molecule has 0 amide bonds. The van der Waals surface area contributed by atoms with Crippen molar-refractivity contribution >= 4 is 22.6 Å². The minimum absolute atomic E-state index is 0.710. The van der Waals surface area contributed by atoms with Gasteiger partial charge in [0.1, 0.15) is 12.6 Å². The van der Waals surface area contributed by atoms with Gasteiger partial charge in [0.25, 0.3) is 6.01 Å². The first-order valence-electron chi connectivity index (χ1n) is 6.99. The Hall–Kier alpha value is -2.63. The molecule has 21 heavy (non-hydrogen) atoms. The van der Waals surface area contributed by atoms with Crippen molar-refractivity contribution in [2.24, 2.45) is 0 Å². The van der Waals surface area contributed by atoms with Gasteiger partial charge < -0.3 is 14.2 Å². The summed E-state index contributed by atoms with van der Waals surface area (Å²) in [7, 11) is 0. The van der Waals surface area contributed by atoms with E-state index in [1.807, 2.05) is 12.3 Å². The van der Waals surface area contributed by atoms with Gasteiger partial charge in [-0.05, 0) is 18.2 Å². The molecule has 106 valence electrons. The first kappa shape index (κ1) is 12.1. The van der Waals surface area contributed by atoms with Gasteiger partial charge in [0.05, 0.1) is 11.7 Å². The molecule has 4 rings (SSSR count). The third kappa shape index (κ3) is 2.29. The third-order valence-corrected chi connectivity index (χ3v) is 3.82. The highest BCUT2D eigenvalue weighted by Gasteiger charge is 2.20. The highest BCUT2D eigenvalue weighted by Crippen LogP contribution is 2.22. The molecule has 0 saturated carbocycles. The quantitative estimate of drug-likeness (QED) is 0.715. The Kier molecular flexibility index (Phi) is 2.92. The molecular formula is C15H15N5O. The van der Waals surface area contributed by atoms with Crippen molar-refractivity contribution in [2.75, 3.05) is 36.0 Å². The van der Waals surface area contributed by atoms with E-state index in [0.717, 1.165) is 37.1 Å². The van der Waals surface area contributed by atoms with E-state index in [2.05, 4.69) is 36.9 Å². The van der Waals surface area contributed by atoms with Crippen molar-refractivity contribution in [1.29, 1.82) is 0 Å². The number of hydrogen-bond acceptors (Lipinski definition) is 6. The van der Waals surface area contributed by atoms with Crippen LogP contribution in [-0.4, -0.2) is 41.1 Å². The number of nitrogens with zero attached hydrogens (tertiary/aromatic N) is 5. The normalized spacial score (nSPS) is 15.6. The molecule has 0 N–H and O–H groups in total. The summed E-state index contributed by atoms with van der Waals surface area (Å²) in [4.78, 5) is 17.1. The Morgan fingerprint density at radius 3 is 2.67 bits per heavy atom. The Balaban J connectivity index is 1.52. The van der Waals surface area contributed by atoms with E-state index >= 15 is 0 Å². The van der Waals surface area contributed by atoms with Crippen LogP contribution < -0.4 is 9.80 Å². The standard InChI is InChI=1S/C15H15N5O/c1-2-14-12(10-16-11-18-14)9-13(1)19-4-6-20(7-5-19)15-17-3-8-21-15/h1-3,8-11H,4-7H2. The minimum atomic E-state index is 0.710. The van der Waals surface area contributed by atoms with Gasteiger partial charge in [-0.1, -0.05) is 0 Å². The summed E-state index contributed by atoms with van der Waals surface area (Å²) < 4.78 is 5.35. The lowest BCUT2D eigenvalue weighted by molar-refractivity contribution is 0.516. The Morgan fingerprint density at radius 1 is 1.00 bits per heavy atom. The maximum atomic E-state index is 5.35. The Bertz CT molecular complexity index is 735. The molecule has 1 aliphatic heterocycles. The van der Waals surface area contributed by atoms with Gasteiger partial charge in [-0.2, -0.15) is 0 Å². The third-order valence-electron chi connectivity index (χ3n) is 3.82. The van der Waals surface area contributed by atoms with Crippen LogP contribution in [0.3, 0.4) is 0 Å². The zero-order valence-corrected chi connectivity index (χ0v) is 11.5. The molecule has 0 atom stereocenters. The second kappa shape index (κ2) is 5.05. The number of piperazine rings is 1. The highest BCUT2D eigenvalue weighted by atomic mass is 16.4. The number of rotatable bonds is 2. The van der Waals surface area contributed by atoms with Crippen LogP contribution in [0.1, 0.15) is 0 Å². The van der Waals surface area contributed by atoms with E-state index < -0.39 is 0 Å². The summed E-state index contributed by atoms with van der Waals surface area (Å²) in [5.41, 5.74) is 2.19. The molecule has 0 radical (unpaired) electrons. The SMILES string of the molecule is c1coc(N2CCN(c3ccc4ncncc4c3)CC2)n1. The van der Waals surface area contributed by atoms with Crippen LogP contribution >= 0.6 is 0 Å². The number of hydrogen-bond donors (Lipinski definition) is 0. The largest absolute Gasteiger partial charge is 0.432 e. The van der Waals surface area contributed by atoms with Crippen LogP contribution in [-0.2, 0) is 0 Å². The molecule has 1 aliphatic rings. The van der Waals surface area contributed by atoms with Gasteiger partial charge in [0.15, 0.2) is 0 Å². The molecular weight excluding hydrogens is 266 g/mol. The summed E-state index contributed by atoms with van der Waals surface area (Å²) in [6.45, 7) is 3.71. The Labute approximate surface area is 122 Å². The Morgan fingerprint density at radius 2 is 1.86 bits per heavy atom. The van der Waals surface area contributed by atoms with Gasteiger partial charge in [-0.3, -0.25) is 0 Å². The molecule has 0 bridgehead atoms. The van der Waals surface area contributed by atoms with Crippen molar-refractivity contribution < 1.29 is 4.42 Å². The molecule has 0 aliphatic carbocycles. The second-order valence-corrected chi connectivity index (χ2v) is 5.05. The molecule has 2 aromatic heterocycles. The average molecular weight is 281 g/mol. The van der Waals surface area contributed by atoms with Gasteiger partial charge in [0, 0.05) is 43.4 Å². The topological polar surface area (TPSA) is 58.3 Å². The summed E-state index contributed by atoms with van der Waals surface area (Å²) in [6.07, 6.45) is 6.74. The first-order valence-corrected chi connectivity index (χ1v) is 6.99. The summed E-state index contributed by atoms with van der Waals surface area (Å²) >= 11 is 0. The lowest BCUT2D eigenvalue weighted by atomic mass is 10.2. The van der Waals surface area contributed by atoms with E-state index in [0.29, 0.717) is 6.01 Å². The van der Waals surface area contributed by atoms with Crippen LogP contribution in [0.2, 0.25) is 0 Å². The van der Waals surface area contributed by atoms with Crippen LogP contribution in [0, 0.1) is 0 Å². The van der Waals surface area contributed by atoms with Crippen LogP contribution in [0.4, 0.5) is 11.7 Å². The van der Waals surface area contributed by atoms with E-state index in [1.54, 1.807) is 18.8 Å². The molecule has 1 fully saturated rings. The molecule has 1 aromatic carbocycles. The molecule has 0 unspecified atom stereocenters. The fourth-order valence-corrected chi connectivity index (χ4v) is 2.70. The fraction of sp³-hybridized carbons (Fsp3) is 0.267. The van der Waals surface area contributed by atoms with E-state index in [1.165, 1.54) is 5.69 Å². The fourth-order valence-electron chi connectivity index (χ4n) is 2.70.